The summed E-state index contributed by atoms with van der Waals surface area (Å²) in [6.45, 7) is 1.62. The van der Waals surface area contributed by atoms with Crippen LogP contribution in [0.15, 0.2) is 42.6 Å². The summed E-state index contributed by atoms with van der Waals surface area (Å²) in [5, 5.41) is 16.2. The normalized spacial score (nSPS) is 10.0. The van der Waals surface area contributed by atoms with Crippen molar-refractivity contribution in [2.75, 3.05) is 11.9 Å². The molecule has 0 atom stereocenters. The zero-order valence-corrected chi connectivity index (χ0v) is 13.0. The van der Waals surface area contributed by atoms with E-state index in [4.69, 9.17) is 0 Å². The monoisotopic (exact) mass is 328 g/mol. The largest absolute Gasteiger partial charge is 0.351 e. The van der Waals surface area contributed by atoms with Crippen molar-refractivity contribution in [3.8, 4) is 0 Å². The van der Waals surface area contributed by atoms with Crippen LogP contribution in [0.4, 0.5) is 11.5 Å². The second-order valence-corrected chi connectivity index (χ2v) is 5.00. The van der Waals surface area contributed by atoms with Crippen LogP contribution in [0.1, 0.15) is 22.3 Å². The van der Waals surface area contributed by atoms with E-state index in [0.717, 1.165) is 0 Å². The van der Waals surface area contributed by atoms with Gasteiger partial charge in [0.15, 0.2) is 0 Å². The van der Waals surface area contributed by atoms with Gasteiger partial charge in [-0.05, 0) is 25.1 Å². The van der Waals surface area contributed by atoms with Gasteiger partial charge < -0.3 is 10.6 Å². The molecule has 1 aromatic carbocycles. The number of amides is 2. The van der Waals surface area contributed by atoms with E-state index in [-0.39, 0.29) is 30.1 Å². The molecular weight excluding hydrogens is 312 g/mol. The average molecular weight is 328 g/mol. The molecule has 0 spiro atoms. The standard InChI is InChI=1S/C16H16N4O4/c1-11-5-4-6-12(15(11)20(23)24)16(22)18-10-8-14(21)19-13-7-2-3-9-17-13/h2-7,9H,8,10H2,1H3,(H,18,22)(H,17,19,21). The molecule has 0 aliphatic rings. The Morgan fingerprint density at radius 1 is 1.21 bits per heavy atom. The van der Waals surface area contributed by atoms with Crippen molar-refractivity contribution in [3.05, 3.63) is 63.8 Å². The van der Waals surface area contributed by atoms with Crippen LogP contribution in [0, 0.1) is 17.0 Å². The Morgan fingerprint density at radius 3 is 2.67 bits per heavy atom. The van der Waals surface area contributed by atoms with Gasteiger partial charge in [-0.3, -0.25) is 19.7 Å². The lowest BCUT2D eigenvalue weighted by molar-refractivity contribution is -0.385. The Kier molecular flexibility index (Phi) is 5.56. The number of aryl methyl sites for hydroxylation is 1. The molecule has 2 N–H and O–H groups in total. The quantitative estimate of drug-likeness (QED) is 0.622. The van der Waals surface area contributed by atoms with Gasteiger partial charge in [-0.25, -0.2) is 4.98 Å². The molecular formula is C16H16N4O4. The first kappa shape index (κ1) is 17.1. The van der Waals surface area contributed by atoms with E-state index in [1.165, 1.54) is 6.07 Å². The number of para-hydroxylation sites is 1. The van der Waals surface area contributed by atoms with Crippen molar-refractivity contribution < 1.29 is 14.5 Å². The average Bonchev–Trinajstić information content (AvgIpc) is 2.55. The van der Waals surface area contributed by atoms with E-state index in [1.54, 1.807) is 43.5 Å². The van der Waals surface area contributed by atoms with Crippen LogP contribution in [0.2, 0.25) is 0 Å². The van der Waals surface area contributed by atoms with E-state index >= 15 is 0 Å². The number of nitrogens with zero attached hydrogens (tertiary/aromatic N) is 2. The highest BCUT2D eigenvalue weighted by Crippen LogP contribution is 2.22. The summed E-state index contributed by atoms with van der Waals surface area (Å²) in [6.07, 6.45) is 1.58. The van der Waals surface area contributed by atoms with Crippen LogP contribution in [0.25, 0.3) is 0 Å². The lowest BCUT2D eigenvalue weighted by atomic mass is 10.1. The number of nitro benzene ring substituents is 1. The zero-order chi connectivity index (χ0) is 17.5. The highest BCUT2D eigenvalue weighted by molar-refractivity contribution is 5.99. The Morgan fingerprint density at radius 2 is 2.00 bits per heavy atom. The molecule has 0 unspecified atom stereocenters. The highest BCUT2D eigenvalue weighted by Gasteiger charge is 2.22. The number of nitrogens with one attached hydrogen (secondary N) is 2. The van der Waals surface area contributed by atoms with Crippen LogP contribution in [-0.2, 0) is 4.79 Å². The molecule has 0 fully saturated rings. The minimum Gasteiger partial charge on any atom is -0.351 e. The van der Waals surface area contributed by atoms with E-state index in [9.17, 15) is 19.7 Å². The lowest BCUT2D eigenvalue weighted by Gasteiger charge is -2.07. The predicted octanol–water partition coefficient (Wildman–Crippen LogP) is 2.06. The second kappa shape index (κ2) is 7.82. The highest BCUT2D eigenvalue weighted by atomic mass is 16.6. The van der Waals surface area contributed by atoms with Crippen molar-refractivity contribution in [1.82, 2.24) is 10.3 Å². The molecule has 0 aliphatic heterocycles. The summed E-state index contributed by atoms with van der Waals surface area (Å²) in [6, 6.07) is 9.63. The van der Waals surface area contributed by atoms with Crippen LogP contribution in [0.3, 0.4) is 0 Å². The first-order valence-electron chi connectivity index (χ1n) is 7.22. The molecule has 0 aliphatic carbocycles. The Balaban J connectivity index is 1.91. The van der Waals surface area contributed by atoms with Gasteiger partial charge >= 0.3 is 0 Å². The van der Waals surface area contributed by atoms with Crippen molar-refractivity contribution in [1.29, 1.82) is 0 Å². The number of hydrogen-bond acceptors (Lipinski definition) is 5. The van der Waals surface area contributed by atoms with E-state index in [2.05, 4.69) is 15.6 Å². The third-order valence-corrected chi connectivity index (χ3v) is 3.23. The first-order valence-corrected chi connectivity index (χ1v) is 7.22. The van der Waals surface area contributed by atoms with Crippen molar-refractivity contribution in [2.24, 2.45) is 0 Å². The van der Waals surface area contributed by atoms with Gasteiger partial charge in [0, 0.05) is 24.7 Å². The van der Waals surface area contributed by atoms with Crippen LogP contribution in [-0.4, -0.2) is 28.3 Å². The first-order chi connectivity index (χ1) is 11.5. The second-order valence-electron chi connectivity index (χ2n) is 5.00. The molecule has 2 aromatic rings. The number of carbonyl (C=O) groups is 2. The maximum absolute atomic E-state index is 12.1. The van der Waals surface area contributed by atoms with E-state index in [1.807, 2.05) is 0 Å². The lowest BCUT2D eigenvalue weighted by Crippen LogP contribution is -2.28. The van der Waals surface area contributed by atoms with Gasteiger partial charge in [-0.1, -0.05) is 18.2 Å². The van der Waals surface area contributed by atoms with Crippen molar-refractivity contribution in [3.63, 3.8) is 0 Å². The Bertz CT molecular complexity index is 762. The Labute approximate surface area is 138 Å². The van der Waals surface area contributed by atoms with Gasteiger partial charge in [0.1, 0.15) is 11.4 Å². The molecule has 8 nitrogen and oxygen atoms in total. The number of nitro groups is 1. The van der Waals surface area contributed by atoms with Gasteiger partial charge in [-0.15, -0.1) is 0 Å². The summed E-state index contributed by atoms with van der Waals surface area (Å²) < 4.78 is 0. The molecule has 2 amide bonds. The number of pyridine rings is 1. The minimum absolute atomic E-state index is 0.0230. The maximum atomic E-state index is 12.1. The topological polar surface area (TPSA) is 114 Å². The third-order valence-electron chi connectivity index (χ3n) is 3.23. The van der Waals surface area contributed by atoms with Crippen LogP contribution in [0.5, 0.6) is 0 Å². The molecule has 1 heterocycles. The van der Waals surface area contributed by atoms with E-state index < -0.39 is 10.8 Å². The number of aromatic nitrogens is 1. The number of carbonyl (C=O) groups excluding carboxylic acids is 2. The minimum atomic E-state index is -0.587. The number of rotatable bonds is 6. The molecule has 24 heavy (non-hydrogen) atoms. The van der Waals surface area contributed by atoms with Crippen LogP contribution >= 0.6 is 0 Å². The van der Waals surface area contributed by atoms with Gasteiger partial charge in [-0.2, -0.15) is 0 Å². The maximum Gasteiger partial charge on any atom is 0.285 e. The molecule has 1 aromatic heterocycles. The molecule has 0 bridgehead atoms. The third kappa shape index (κ3) is 4.35. The predicted molar refractivity (Wildman–Crippen MR) is 87.7 cm³/mol. The fraction of sp³-hybridized carbons (Fsp3) is 0.188. The smallest absolute Gasteiger partial charge is 0.285 e. The van der Waals surface area contributed by atoms with Gasteiger partial charge in [0.05, 0.1) is 4.92 Å². The van der Waals surface area contributed by atoms with E-state index in [0.29, 0.717) is 11.4 Å². The molecule has 0 saturated heterocycles. The SMILES string of the molecule is Cc1cccc(C(=O)NCCC(=O)Nc2ccccn2)c1[N+](=O)[O-]. The fourth-order valence-corrected chi connectivity index (χ4v) is 2.11. The summed E-state index contributed by atoms with van der Waals surface area (Å²) >= 11 is 0. The number of anilines is 1. The number of hydrogen-bond donors (Lipinski definition) is 2. The summed E-state index contributed by atoms with van der Waals surface area (Å²) in [5.41, 5.74) is 0.151. The van der Waals surface area contributed by atoms with Gasteiger partial charge in [0.2, 0.25) is 5.91 Å². The molecule has 8 heteroatoms. The summed E-state index contributed by atoms with van der Waals surface area (Å²) in [7, 11) is 0. The Hall–Kier alpha value is -3.29. The molecule has 2 rings (SSSR count). The number of benzene rings is 1. The summed E-state index contributed by atoms with van der Waals surface area (Å²) in [5.74, 6) is -0.480. The molecule has 0 saturated carbocycles. The van der Waals surface area contributed by atoms with Gasteiger partial charge in [0.25, 0.3) is 11.6 Å². The molecule has 0 radical (unpaired) electrons. The van der Waals surface area contributed by atoms with Crippen molar-refractivity contribution in [2.45, 2.75) is 13.3 Å². The summed E-state index contributed by atoms with van der Waals surface area (Å²) in [4.78, 5) is 38.3. The van der Waals surface area contributed by atoms with Crippen LogP contribution < -0.4 is 10.6 Å². The van der Waals surface area contributed by atoms with Crippen molar-refractivity contribution >= 4 is 23.3 Å². The zero-order valence-electron chi connectivity index (χ0n) is 13.0. The fourth-order valence-electron chi connectivity index (χ4n) is 2.11. The molecule has 124 valence electrons.